The molecule has 2 aliphatic rings. The Morgan fingerprint density at radius 3 is 2.86 bits per heavy atom. The summed E-state index contributed by atoms with van der Waals surface area (Å²) in [7, 11) is 0. The van der Waals surface area contributed by atoms with E-state index in [0.29, 0.717) is 18.7 Å². The fourth-order valence-corrected chi connectivity index (χ4v) is 3.96. The van der Waals surface area contributed by atoms with Crippen LogP contribution in [0.2, 0.25) is 0 Å². The van der Waals surface area contributed by atoms with Gasteiger partial charge in [-0.1, -0.05) is 0 Å². The molecule has 0 spiro atoms. The van der Waals surface area contributed by atoms with Gasteiger partial charge in [-0.05, 0) is 44.9 Å². The number of aryl methyl sites for hydroxylation is 1. The molecule has 0 bridgehead atoms. The molecule has 29 heavy (non-hydrogen) atoms. The molecule has 2 saturated heterocycles. The van der Waals surface area contributed by atoms with E-state index in [2.05, 4.69) is 17.1 Å². The molecule has 1 aromatic carbocycles. The highest BCUT2D eigenvalue weighted by molar-refractivity contribution is 14.0. The molecule has 160 valence electrons. The number of rotatable bonds is 4. The van der Waals surface area contributed by atoms with Gasteiger partial charge in [0.2, 0.25) is 0 Å². The molecule has 0 aliphatic carbocycles. The molecule has 4 rings (SSSR count). The molecule has 2 atom stereocenters. The van der Waals surface area contributed by atoms with Crippen molar-refractivity contribution in [3.63, 3.8) is 0 Å². The van der Waals surface area contributed by atoms with Gasteiger partial charge in [0, 0.05) is 37.2 Å². The molecule has 0 amide bonds. The van der Waals surface area contributed by atoms with E-state index in [-0.39, 0.29) is 42.0 Å². The van der Waals surface area contributed by atoms with Gasteiger partial charge in [0.05, 0.1) is 12.7 Å². The lowest BCUT2D eigenvalue weighted by molar-refractivity contribution is -0.0817. The first-order valence-electron chi connectivity index (χ1n) is 10.1. The Labute approximate surface area is 187 Å². The Morgan fingerprint density at radius 2 is 2.10 bits per heavy atom. The molecule has 8 heteroatoms. The van der Waals surface area contributed by atoms with E-state index in [4.69, 9.17) is 18.9 Å². The van der Waals surface area contributed by atoms with E-state index >= 15 is 0 Å². The Kier molecular flexibility index (Phi) is 7.75. The molecule has 2 unspecified atom stereocenters. The number of benzene rings is 1. The highest BCUT2D eigenvalue weighted by Crippen LogP contribution is 2.27. The Morgan fingerprint density at radius 1 is 1.28 bits per heavy atom. The van der Waals surface area contributed by atoms with E-state index in [0.717, 1.165) is 61.8 Å². The highest BCUT2D eigenvalue weighted by atomic mass is 127. The number of hydrogen-bond donors (Lipinski definition) is 1. The summed E-state index contributed by atoms with van der Waals surface area (Å²) in [6.45, 7) is 8.24. The van der Waals surface area contributed by atoms with E-state index in [1.165, 1.54) is 12.1 Å². The van der Waals surface area contributed by atoms with Crippen molar-refractivity contribution in [3.05, 3.63) is 35.3 Å². The van der Waals surface area contributed by atoms with Crippen LogP contribution in [0.15, 0.2) is 27.6 Å². The Bertz CT molecular complexity index is 851. The first-order chi connectivity index (χ1) is 13.7. The number of aliphatic imine (C=N–C) groups is 1. The predicted octanol–water partition coefficient (Wildman–Crippen LogP) is 3.84. The molecule has 2 aromatic rings. The maximum atomic E-state index is 13.5. The van der Waals surface area contributed by atoms with Crippen LogP contribution >= 0.6 is 24.0 Å². The van der Waals surface area contributed by atoms with Gasteiger partial charge in [-0.15, -0.1) is 24.0 Å². The molecule has 0 radical (unpaired) electrons. The standard InChI is InChI=1S/C21H28FN3O3.HI/c1-3-23-21(25-8-10-27-20(13-25)18-5-4-9-26-18)24-12-19-14(2)16-11-15(22)6-7-17(16)28-19;/h6-7,11,18,20H,3-5,8-10,12-13H2,1-2H3,(H,23,24);1H. The molecule has 6 nitrogen and oxygen atoms in total. The second-order valence-corrected chi connectivity index (χ2v) is 7.37. The van der Waals surface area contributed by atoms with Crippen LogP contribution in [-0.2, 0) is 16.0 Å². The third kappa shape index (κ3) is 5.03. The van der Waals surface area contributed by atoms with Crippen molar-refractivity contribution < 1.29 is 18.3 Å². The highest BCUT2D eigenvalue weighted by Gasteiger charge is 2.32. The normalized spacial score (nSPS) is 22.7. The van der Waals surface area contributed by atoms with Crippen molar-refractivity contribution in [2.75, 3.05) is 32.8 Å². The molecular formula is C21H29FIN3O3. The second kappa shape index (κ2) is 10.1. The summed E-state index contributed by atoms with van der Waals surface area (Å²) in [6.07, 6.45) is 2.42. The predicted molar refractivity (Wildman–Crippen MR) is 121 cm³/mol. The number of morpholine rings is 1. The van der Waals surface area contributed by atoms with Gasteiger partial charge in [0.1, 0.15) is 29.8 Å². The van der Waals surface area contributed by atoms with E-state index in [9.17, 15) is 4.39 Å². The SMILES string of the molecule is CCNC(=NCc1oc2ccc(F)cc2c1C)N1CCOC(C2CCCO2)C1.I. The quantitative estimate of drug-likeness (QED) is 0.380. The summed E-state index contributed by atoms with van der Waals surface area (Å²) < 4.78 is 31.2. The fraction of sp³-hybridized carbons (Fsp3) is 0.571. The zero-order chi connectivity index (χ0) is 19.5. The third-order valence-electron chi connectivity index (χ3n) is 5.48. The van der Waals surface area contributed by atoms with Crippen LogP contribution < -0.4 is 5.32 Å². The van der Waals surface area contributed by atoms with Crippen LogP contribution in [0.25, 0.3) is 11.0 Å². The van der Waals surface area contributed by atoms with Crippen molar-refractivity contribution in [1.29, 1.82) is 0 Å². The van der Waals surface area contributed by atoms with Crippen molar-refractivity contribution in [2.24, 2.45) is 4.99 Å². The minimum atomic E-state index is -0.256. The number of nitrogens with zero attached hydrogens (tertiary/aromatic N) is 2. The first kappa shape index (κ1) is 22.3. The van der Waals surface area contributed by atoms with Gasteiger partial charge in [-0.3, -0.25) is 0 Å². The summed E-state index contributed by atoms with van der Waals surface area (Å²) in [5, 5.41) is 4.18. The third-order valence-corrected chi connectivity index (χ3v) is 5.48. The maximum Gasteiger partial charge on any atom is 0.194 e. The van der Waals surface area contributed by atoms with Crippen LogP contribution in [0.3, 0.4) is 0 Å². The van der Waals surface area contributed by atoms with Crippen molar-refractivity contribution in [2.45, 2.75) is 45.4 Å². The van der Waals surface area contributed by atoms with Gasteiger partial charge < -0.3 is 24.1 Å². The van der Waals surface area contributed by atoms with Crippen LogP contribution in [-0.4, -0.2) is 55.9 Å². The number of furan rings is 1. The lowest BCUT2D eigenvalue weighted by Crippen LogP contribution is -2.53. The first-order valence-corrected chi connectivity index (χ1v) is 10.1. The molecule has 2 aliphatic heterocycles. The van der Waals surface area contributed by atoms with Gasteiger partial charge in [0.15, 0.2) is 5.96 Å². The smallest absolute Gasteiger partial charge is 0.194 e. The van der Waals surface area contributed by atoms with Gasteiger partial charge in [-0.2, -0.15) is 0 Å². The molecule has 2 fully saturated rings. The maximum absolute atomic E-state index is 13.5. The molecule has 0 saturated carbocycles. The minimum Gasteiger partial charge on any atom is -0.459 e. The van der Waals surface area contributed by atoms with Crippen LogP contribution in [0.5, 0.6) is 0 Å². The Hall–Kier alpha value is -1.39. The van der Waals surface area contributed by atoms with E-state index in [1.54, 1.807) is 6.07 Å². The average Bonchev–Trinajstić information content (AvgIpc) is 3.35. The topological polar surface area (TPSA) is 59.2 Å². The second-order valence-electron chi connectivity index (χ2n) is 7.37. The zero-order valence-electron chi connectivity index (χ0n) is 16.9. The summed E-state index contributed by atoms with van der Waals surface area (Å²) in [4.78, 5) is 7.03. The number of fused-ring (bicyclic) bond motifs is 1. The van der Waals surface area contributed by atoms with Crippen LogP contribution in [0, 0.1) is 12.7 Å². The number of nitrogens with one attached hydrogen (secondary N) is 1. The number of ether oxygens (including phenoxy) is 2. The van der Waals surface area contributed by atoms with Crippen molar-refractivity contribution in [3.8, 4) is 0 Å². The fourth-order valence-electron chi connectivity index (χ4n) is 3.96. The summed E-state index contributed by atoms with van der Waals surface area (Å²) in [5.74, 6) is 1.35. The van der Waals surface area contributed by atoms with Crippen molar-refractivity contribution >= 4 is 40.9 Å². The minimum absolute atomic E-state index is 0. The number of guanidine groups is 1. The van der Waals surface area contributed by atoms with Gasteiger partial charge in [0.25, 0.3) is 0 Å². The summed E-state index contributed by atoms with van der Waals surface area (Å²) in [6, 6.07) is 4.60. The van der Waals surface area contributed by atoms with Gasteiger partial charge >= 0.3 is 0 Å². The molecule has 1 aromatic heterocycles. The lowest BCUT2D eigenvalue weighted by atomic mass is 10.1. The largest absolute Gasteiger partial charge is 0.459 e. The monoisotopic (exact) mass is 517 g/mol. The Balaban J connectivity index is 0.00000240. The number of hydrogen-bond acceptors (Lipinski definition) is 4. The average molecular weight is 517 g/mol. The van der Waals surface area contributed by atoms with E-state index in [1.807, 2.05) is 6.92 Å². The summed E-state index contributed by atoms with van der Waals surface area (Å²) in [5.41, 5.74) is 1.63. The summed E-state index contributed by atoms with van der Waals surface area (Å²) >= 11 is 0. The molecule has 1 N–H and O–H groups in total. The van der Waals surface area contributed by atoms with Crippen LogP contribution in [0.1, 0.15) is 31.1 Å². The zero-order valence-corrected chi connectivity index (χ0v) is 19.3. The van der Waals surface area contributed by atoms with Crippen LogP contribution in [0.4, 0.5) is 4.39 Å². The lowest BCUT2D eigenvalue weighted by Gasteiger charge is -2.37. The van der Waals surface area contributed by atoms with Gasteiger partial charge in [-0.25, -0.2) is 9.38 Å². The molecule has 3 heterocycles. The van der Waals surface area contributed by atoms with Crippen molar-refractivity contribution in [1.82, 2.24) is 10.2 Å². The van der Waals surface area contributed by atoms with E-state index < -0.39 is 0 Å². The number of halogens is 2. The molecular weight excluding hydrogens is 488 g/mol.